The molecular formula is C26H32N6O2S. The number of aliphatic hydroxyl groups is 1. The molecule has 35 heavy (non-hydrogen) atoms. The monoisotopic (exact) mass is 492 g/mol. The SMILES string of the molecule is O=[S@@]1CCc2nc(N3CC=C(c4ncc(C5CC5)cn4)CC3)nc(N3CC[C@H](CO)C34CCC4)c21. The molecule has 5 heterocycles. The Bertz CT molecular complexity index is 1210. The van der Waals surface area contributed by atoms with Gasteiger partial charge in [0.1, 0.15) is 4.90 Å². The van der Waals surface area contributed by atoms with Gasteiger partial charge in [-0.2, -0.15) is 4.98 Å². The molecule has 2 saturated carbocycles. The van der Waals surface area contributed by atoms with Crippen molar-refractivity contribution < 1.29 is 9.32 Å². The third-order valence-electron chi connectivity index (χ3n) is 8.85. The molecule has 2 aromatic heterocycles. The number of nitrogens with zero attached hydrogens (tertiary/aromatic N) is 6. The zero-order chi connectivity index (χ0) is 23.6. The first kappa shape index (κ1) is 21.9. The number of hydrogen-bond acceptors (Lipinski definition) is 8. The molecule has 2 aromatic rings. The maximum Gasteiger partial charge on any atom is 0.227 e. The lowest BCUT2D eigenvalue weighted by Crippen LogP contribution is -2.55. The summed E-state index contributed by atoms with van der Waals surface area (Å²) in [6, 6.07) is 0. The second-order valence-corrected chi connectivity index (χ2v) is 12.2. The lowest BCUT2D eigenvalue weighted by Gasteiger charge is -2.50. The molecule has 3 fully saturated rings. The Morgan fingerprint density at radius 2 is 1.91 bits per heavy atom. The predicted molar refractivity (Wildman–Crippen MR) is 135 cm³/mol. The summed E-state index contributed by atoms with van der Waals surface area (Å²) in [5, 5.41) is 10.1. The summed E-state index contributed by atoms with van der Waals surface area (Å²) in [7, 11) is -1.05. The number of aryl methyl sites for hydroxylation is 1. The summed E-state index contributed by atoms with van der Waals surface area (Å²) >= 11 is 0. The fourth-order valence-corrected chi connectivity index (χ4v) is 7.82. The molecule has 2 aliphatic carbocycles. The zero-order valence-electron chi connectivity index (χ0n) is 20.0. The molecule has 9 heteroatoms. The average Bonchev–Trinajstić information content (AvgIpc) is 3.55. The minimum absolute atomic E-state index is 0.0279. The van der Waals surface area contributed by atoms with Crippen molar-refractivity contribution in [3.63, 3.8) is 0 Å². The molecular weight excluding hydrogens is 460 g/mol. The van der Waals surface area contributed by atoms with Gasteiger partial charge < -0.3 is 14.9 Å². The van der Waals surface area contributed by atoms with Gasteiger partial charge in [0, 0.05) is 62.3 Å². The quantitative estimate of drug-likeness (QED) is 0.681. The predicted octanol–water partition coefficient (Wildman–Crippen LogP) is 2.84. The largest absolute Gasteiger partial charge is 0.396 e. The lowest BCUT2D eigenvalue weighted by atomic mass is 9.69. The number of anilines is 2. The van der Waals surface area contributed by atoms with E-state index in [1.165, 1.54) is 30.4 Å². The maximum absolute atomic E-state index is 13.0. The molecule has 8 nitrogen and oxygen atoms in total. The number of aromatic nitrogens is 4. The van der Waals surface area contributed by atoms with Crippen LogP contribution in [0.4, 0.5) is 11.8 Å². The molecule has 0 bridgehead atoms. The number of aliphatic hydroxyl groups excluding tert-OH is 1. The van der Waals surface area contributed by atoms with Gasteiger partial charge in [-0.3, -0.25) is 4.21 Å². The third kappa shape index (κ3) is 3.53. The Kier molecular flexibility index (Phi) is 5.21. The van der Waals surface area contributed by atoms with Crippen LogP contribution in [0, 0.1) is 5.92 Å². The van der Waals surface area contributed by atoms with E-state index in [0.717, 1.165) is 79.9 Å². The zero-order valence-corrected chi connectivity index (χ0v) is 20.8. The molecule has 2 atom stereocenters. The lowest BCUT2D eigenvalue weighted by molar-refractivity contribution is 0.114. The average molecular weight is 493 g/mol. The van der Waals surface area contributed by atoms with Crippen LogP contribution in [0.3, 0.4) is 0 Å². The van der Waals surface area contributed by atoms with Gasteiger partial charge in [-0.25, -0.2) is 15.0 Å². The summed E-state index contributed by atoms with van der Waals surface area (Å²) < 4.78 is 13.0. The van der Waals surface area contributed by atoms with Gasteiger partial charge in [-0.15, -0.1) is 0 Å². The fourth-order valence-electron chi connectivity index (χ4n) is 6.47. The second-order valence-electron chi connectivity index (χ2n) is 10.7. The third-order valence-corrected chi connectivity index (χ3v) is 10.3. The van der Waals surface area contributed by atoms with E-state index in [-0.39, 0.29) is 18.1 Å². The Morgan fingerprint density at radius 1 is 1.09 bits per heavy atom. The number of fused-ring (bicyclic) bond motifs is 1. The normalized spacial score (nSPS) is 27.2. The van der Waals surface area contributed by atoms with E-state index in [9.17, 15) is 9.32 Å². The van der Waals surface area contributed by atoms with Crippen molar-refractivity contribution in [2.24, 2.45) is 5.92 Å². The molecule has 1 saturated heterocycles. The van der Waals surface area contributed by atoms with Gasteiger partial charge in [0.05, 0.1) is 16.5 Å². The summed E-state index contributed by atoms with van der Waals surface area (Å²) in [6.07, 6.45) is 14.6. The minimum Gasteiger partial charge on any atom is -0.396 e. The van der Waals surface area contributed by atoms with E-state index in [2.05, 4.69) is 25.8 Å². The van der Waals surface area contributed by atoms with Crippen LogP contribution in [0.1, 0.15) is 67.9 Å². The molecule has 5 aliphatic rings. The minimum atomic E-state index is -1.05. The first-order valence-electron chi connectivity index (χ1n) is 13.1. The van der Waals surface area contributed by atoms with Crippen molar-refractivity contribution in [2.45, 2.75) is 67.7 Å². The van der Waals surface area contributed by atoms with E-state index in [1.54, 1.807) is 0 Å². The van der Waals surface area contributed by atoms with Crippen molar-refractivity contribution in [2.75, 3.05) is 41.8 Å². The highest BCUT2D eigenvalue weighted by molar-refractivity contribution is 7.85. The molecule has 0 unspecified atom stereocenters. The van der Waals surface area contributed by atoms with Crippen LogP contribution in [0.15, 0.2) is 23.4 Å². The number of hydrogen-bond donors (Lipinski definition) is 1. The summed E-state index contributed by atoms with van der Waals surface area (Å²) in [5.74, 6) is 4.00. The van der Waals surface area contributed by atoms with Gasteiger partial charge in [-0.1, -0.05) is 6.08 Å². The second kappa shape index (κ2) is 8.34. The molecule has 7 rings (SSSR count). The van der Waals surface area contributed by atoms with Crippen LogP contribution >= 0.6 is 0 Å². The van der Waals surface area contributed by atoms with Gasteiger partial charge in [0.15, 0.2) is 11.6 Å². The fraction of sp³-hybridized carbons (Fsp3) is 0.615. The highest BCUT2D eigenvalue weighted by atomic mass is 32.2. The van der Waals surface area contributed by atoms with Crippen molar-refractivity contribution in [3.8, 4) is 0 Å². The maximum atomic E-state index is 13.0. The van der Waals surface area contributed by atoms with Gasteiger partial charge in [0.2, 0.25) is 5.95 Å². The van der Waals surface area contributed by atoms with Crippen LogP contribution in [-0.4, -0.2) is 66.8 Å². The van der Waals surface area contributed by atoms with Crippen molar-refractivity contribution >= 4 is 28.1 Å². The van der Waals surface area contributed by atoms with Gasteiger partial charge in [-0.05, 0) is 62.0 Å². The van der Waals surface area contributed by atoms with E-state index in [4.69, 9.17) is 9.97 Å². The summed E-state index contributed by atoms with van der Waals surface area (Å²) in [5.41, 5.74) is 3.36. The Hall–Kier alpha value is -2.39. The Balaban J connectivity index is 1.18. The molecule has 1 N–H and O–H groups in total. The van der Waals surface area contributed by atoms with E-state index < -0.39 is 10.8 Å². The van der Waals surface area contributed by atoms with E-state index in [1.807, 2.05) is 12.4 Å². The highest BCUT2D eigenvalue weighted by Crippen LogP contribution is 2.52. The first-order valence-corrected chi connectivity index (χ1v) is 14.4. The molecule has 184 valence electrons. The van der Waals surface area contributed by atoms with Gasteiger partial charge >= 0.3 is 0 Å². The van der Waals surface area contributed by atoms with Crippen LogP contribution in [0.5, 0.6) is 0 Å². The van der Waals surface area contributed by atoms with Crippen molar-refractivity contribution in [1.82, 2.24) is 19.9 Å². The molecule has 0 aromatic carbocycles. The summed E-state index contributed by atoms with van der Waals surface area (Å²) in [6.45, 7) is 2.60. The Morgan fingerprint density at radius 3 is 2.57 bits per heavy atom. The van der Waals surface area contributed by atoms with Crippen LogP contribution in [0.25, 0.3) is 5.57 Å². The highest BCUT2D eigenvalue weighted by Gasteiger charge is 2.53. The standard InChI is InChI=1S/C26H32N6O2S/c33-16-20-6-12-32(26(20)8-1-9-26)24-22-21(7-13-35(22)34)29-25(30-24)31-10-4-18(5-11-31)23-27-14-19(15-28-23)17-2-3-17/h4,14-15,17,20,33H,1-3,5-13,16H2/t20-,35-/m1/s1. The summed E-state index contributed by atoms with van der Waals surface area (Å²) in [4.78, 5) is 24.7. The molecule has 1 spiro atoms. The first-order chi connectivity index (χ1) is 17.2. The molecule has 0 amide bonds. The van der Waals surface area contributed by atoms with Gasteiger partial charge in [0.25, 0.3) is 0 Å². The van der Waals surface area contributed by atoms with Crippen LogP contribution < -0.4 is 9.80 Å². The van der Waals surface area contributed by atoms with Crippen molar-refractivity contribution in [1.29, 1.82) is 0 Å². The van der Waals surface area contributed by atoms with E-state index in [0.29, 0.717) is 11.7 Å². The van der Waals surface area contributed by atoms with Crippen LogP contribution in [-0.2, 0) is 17.2 Å². The molecule has 0 radical (unpaired) electrons. The number of rotatable bonds is 5. The van der Waals surface area contributed by atoms with Crippen molar-refractivity contribution in [3.05, 3.63) is 35.6 Å². The topological polar surface area (TPSA) is 95.3 Å². The Labute approximate surface area is 208 Å². The van der Waals surface area contributed by atoms with Crippen LogP contribution in [0.2, 0.25) is 0 Å². The van der Waals surface area contributed by atoms with E-state index >= 15 is 0 Å². The smallest absolute Gasteiger partial charge is 0.227 e. The molecule has 3 aliphatic heterocycles.